The van der Waals surface area contributed by atoms with E-state index in [9.17, 15) is 8.42 Å². The number of aromatic nitrogens is 1. The highest BCUT2D eigenvalue weighted by molar-refractivity contribution is 7.94. The van der Waals surface area contributed by atoms with Crippen molar-refractivity contribution in [1.82, 2.24) is 4.98 Å². The number of ether oxygens (including phenoxy) is 1. The van der Waals surface area contributed by atoms with E-state index in [0.29, 0.717) is 0 Å². The lowest BCUT2D eigenvalue weighted by atomic mass is 10.3. The van der Waals surface area contributed by atoms with Crippen LogP contribution in [-0.2, 0) is 10.0 Å². The maximum atomic E-state index is 12.1. The molecule has 0 fully saturated rings. The highest BCUT2D eigenvalue weighted by Gasteiger charge is 2.15. The van der Waals surface area contributed by atoms with Gasteiger partial charge in [-0.15, -0.1) is 11.3 Å². The molecule has 0 radical (unpaired) electrons. The summed E-state index contributed by atoms with van der Waals surface area (Å²) in [6.07, 6.45) is 1.57. The van der Waals surface area contributed by atoms with Gasteiger partial charge in [0.25, 0.3) is 10.0 Å². The van der Waals surface area contributed by atoms with Gasteiger partial charge >= 0.3 is 0 Å². The molecule has 0 spiro atoms. The molecule has 2 aromatic heterocycles. The quantitative estimate of drug-likeness (QED) is 0.700. The number of sulfonamides is 1. The first kappa shape index (κ1) is 16.3. The molecule has 0 saturated carbocycles. The third-order valence-electron chi connectivity index (χ3n) is 3.14. The number of anilines is 3. The van der Waals surface area contributed by atoms with Crippen molar-refractivity contribution in [3.63, 3.8) is 0 Å². The summed E-state index contributed by atoms with van der Waals surface area (Å²) in [5.74, 6) is 1.04. The number of rotatable bonds is 6. The molecule has 2 N–H and O–H groups in total. The van der Waals surface area contributed by atoms with Crippen LogP contribution in [-0.4, -0.2) is 20.5 Å². The third-order valence-corrected chi connectivity index (χ3v) is 5.89. The summed E-state index contributed by atoms with van der Waals surface area (Å²) >= 11 is 1.16. The summed E-state index contributed by atoms with van der Waals surface area (Å²) in [5.41, 5.74) is 1.63. The standard InChI is InChI=1S/C16H15N3O3S2/c1-22-14-7-4-12(5-8-14)18-13-6-9-15(17-11-13)19-24(20,21)16-3-2-10-23-16/h2-11,18H,1H3,(H,17,19). The van der Waals surface area contributed by atoms with Gasteiger partial charge in [0.05, 0.1) is 19.0 Å². The maximum Gasteiger partial charge on any atom is 0.272 e. The van der Waals surface area contributed by atoms with E-state index < -0.39 is 10.0 Å². The molecule has 0 saturated heterocycles. The van der Waals surface area contributed by atoms with Gasteiger partial charge in [0.15, 0.2) is 0 Å². The second kappa shape index (κ2) is 6.90. The van der Waals surface area contributed by atoms with Gasteiger partial charge in [0.1, 0.15) is 15.8 Å². The number of nitrogens with zero attached hydrogens (tertiary/aromatic N) is 1. The number of benzene rings is 1. The largest absolute Gasteiger partial charge is 0.497 e. The van der Waals surface area contributed by atoms with Gasteiger partial charge in [-0.05, 0) is 47.8 Å². The number of nitrogens with one attached hydrogen (secondary N) is 2. The summed E-state index contributed by atoms with van der Waals surface area (Å²) in [6, 6.07) is 14.1. The molecule has 6 nitrogen and oxygen atoms in total. The molecule has 124 valence electrons. The molecule has 24 heavy (non-hydrogen) atoms. The normalized spacial score (nSPS) is 11.0. The lowest BCUT2D eigenvalue weighted by Gasteiger charge is -2.09. The Bertz CT molecular complexity index is 891. The van der Waals surface area contributed by atoms with Crippen molar-refractivity contribution in [2.24, 2.45) is 0 Å². The Morgan fingerprint density at radius 3 is 2.38 bits per heavy atom. The topological polar surface area (TPSA) is 80.3 Å². The van der Waals surface area contributed by atoms with Crippen LogP contribution in [0.5, 0.6) is 5.75 Å². The van der Waals surface area contributed by atoms with Crippen molar-refractivity contribution < 1.29 is 13.2 Å². The van der Waals surface area contributed by atoms with E-state index in [1.54, 1.807) is 43.0 Å². The molecule has 3 aromatic rings. The number of thiophene rings is 1. The average Bonchev–Trinajstić information content (AvgIpc) is 3.13. The predicted molar refractivity (Wildman–Crippen MR) is 95.6 cm³/mol. The number of pyridine rings is 1. The Morgan fingerprint density at radius 1 is 1.04 bits per heavy atom. The highest BCUT2D eigenvalue weighted by Crippen LogP contribution is 2.22. The van der Waals surface area contributed by atoms with E-state index in [1.807, 2.05) is 24.3 Å². The average molecular weight is 361 g/mol. The Hall–Kier alpha value is -2.58. The summed E-state index contributed by atoms with van der Waals surface area (Å²) in [7, 11) is -1.96. The highest BCUT2D eigenvalue weighted by atomic mass is 32.2. The Labute approximate surface area is 144 Å². The smallest absolute Gasteiger partial charge is 0.272 e. The van der Waals surface area contributed by atoms with Crippen LogP contribution in [0.4, 0.5) is 17.2 Å². The van der Waals surface area contributed by atoms with Gasteiger partial charge in [-0.2, -0.15) is 0 Å². The number of hydrogen-bond donors (Lipinski definition) is 2. The van der Waals surface area contributed by atoms with Gasteiger partial charge in [-0.3, -0.25) is 4.72 Å². The van der Waals surface area contributed by atoms with Gasteiger partial charge < -0.3 is 10.1 Å². The Balaban J connectivity index is 1.69. The first-order valence-corrected chi connectivity index (χ1v) is 9.36. The van der Waals surface area contributed by atoms with E-state index in [2.05, 4.69) is 15.0 Å². The summed E-state index contributed by atoms with van der Waals surface area (Å²) < 4.78 is 32.1. The van der Waals surface area contributed by atoms with Crippen molar-refractivity contribution >= 4 is 38.6 Å². The molecule has 8 heteroatoms. The van der Waals surface area contributed by atoms with E-state index in [0.717, 1.165) is 28.5 Å². The van der Waals surface area contributed by atoms with Crippen molar-refractivity contribution in [1.29, 1.82) is 0 Å². The Morgan fingerprint density at radius 2 is 1.79 bits per heavy atom. The van der Waals surface area contributed by atoms with Crippen LogP contribution in [0.2, 0.25) is 0 Å². The van der Waals surface area contributed by atoms with Crippen molar-refractivity contribution in [3.8, 4) is 5.75 Å². The summed E-state index contributed by atoms with van der Waals surface area (Å²) in [5, 5.41) is 4.89. The van der Waals surface area contributed by atoms with E-state index in [-0.39, 0.29) is 10.0 Å². The van der Waals surface area contributed by atoms with Crippen LogP contribution in [0.25, 0.3) is 0 Å². The summed E-state index contributed by atoms with van der Waals surface area (Å²) in [4.78, 5) is 4.13. The molecule has 0 bridgehead atoms. The van der Waals surface area contributed by atoms with Gasteiger partial charge in [0.2, 0.25) is 0 Å². The zero-order valence-corrected chi connectivity index (χ0v) is 14.4. The minimum absolute atomic E-state index is 0.254. The molecule has 1 aromatic carbocycles. The second-order valence-corrected chi connectivity index (χ2v) is 7.68. The molecule has 0 aliphatic heterocycles. The maximum absolute atomic E-state index is 12.1. The van der Waals surface area contributed by atoms with Crippen LogP contribution in [0.15, 0.2) is 64.3 Å². The molecule has 0 unspecified atom stereocenters. The Kier molecular flexibility index (Phi) is 4.68. The van der Waals surface area contributed by atoms with Crippen LogP contribution in [0.1, 0.15) is 0 Å². The lowest BCUT2D eigenvalue weighted by Crippen LogP contribution is -2.12. The van der Waals surface area contributed by atoms with E-state index >= 15 is 0 Å². The monoisotopic (exact) mass is 361 g/mol. The van der Waals surface area contributed by atoms with Gasteiger partial charge in [-0.25, -0.2) is 13.4 Å². The van der Waals surface area contributed by atoms with Crippen LogP contribution in [0, 0.1) is 0 Å². The fourth-order valence-corrected chi connectivity index (χ4v) is 3.97. The van der Waals surface area contributed by atoms with Crippen LogP contribution < -0.4 is 14.8 Å². The molecule has 0 aliphatic carbocycles. The molecule has 3 rings (SSSR count). The zero-order valence-electron chi connectivity index (χ0n) is 12.8. The fourth-order valence-electron chi connectivity index (χ4n) is 1.97. The molecule has 0 amide bonds. The van der Waals surface area contributed by atoms with Crippen molar-refractivity contribution in [2.75, 3.05) is 17.1 Å². The number of methoxy groups -OCH3 is 1. The SMILES string of the molecule is COc1ccc(Nc2ccc(NS(=O)(=O)c3cccs3)nc2)cc1. The van der Waals surface area contributed by atoms with E-state index in [1.165, 1.54) is 0 Å². The second-order valence-electron chi connectivity index (χ2n) is 4.82. The minimum Gasteiger partial charge on any atom is -0.497 e. The fraction of sp³-hybridized carbons (Fsp3) is 0.0625. The predicted octanol–water partition coefficient (Wildman–Crippen LogP) is 3.70. The van der Waals surface area contributed by atoms with Gasteiger partial charge in [0, 0.05) is 5.69 Å². The third kappa shape index (κ3) is 3.84. The van der Waals surface area contributed by atoms with Crippen LogP contribution >= 0.6 is 11.3 Å². The van der Waals surface area contributed by atoms with E-state index in [4.69, 9.17) is 4.74 Å². The van der Waals surface area contributed by atoms with Gasteiger partial charge in [-0.1, -0.05) is 6.07 Å². The minimum atomic E-state index is -3.58. The first-order valence-electron chi connectivity index (χ1n) is 7.00. The molecule has 0 aliphatic rings. The first-order chi connectivity index (χ1) is 11.6. The van der Waals surface area contributed by atoms with Crippen LogP contribution in [0.3, 0.4) is 0 Å². The lowest BCUT2D eigenvalue weighted by molar-refractivity contribution is 0.415. The zero-order chi connectivity index (χ0) is 17.0. The van der Waals surface area contributed by atoms with Crippen molar-refractivity contribution in [2.45, 2.75) is 4.21 Å². The molecule has 2 heterocycles. The number of hydrogen-bond acceptors (Lipinski definition) is 6. The molecule has 0 atom stereocenters. The molecular formula is C16H15N3O3S2. The molecular weight excluding hydrogens is 346 g/mol. The van der Waals surface area contributed by atoms with Crippen molar-refractivity contribution in [3.05, 3.63) is 60.1 Å². The summed E-state index contributed by atoms with van der Waals surface area (Å²) in [6.45, 7) is 0.